The molecule has 1 atom stereocenters. The molecule has 0 aromatic heterocycles. The Hall–Kier alpha value is -0.0500. The van der Waals surface area contributed by atoms with Gasteiger partial charge in [-0.1, -0.05) is 17.7 Å². The molecule has 0 saturated carbocycles. The van der Waals surface area contributed by atoms with Crippen LogP contribution in [-0.2, 0) is 0 Å². The summed E-state index contributed by atoms with van der Waals surface area (Å²) in [5, 5.41) is 0. The monoisotopic (exact) mass is 160 g/mol. The van der Waals surface area contributed by atoms with Gasteiger partial charge >= 0.3 is 0 Å². The second kappa shape index (κ2) is 3.96. The molecule has 1 saturated heterocycles. The molecule has 2 nitrogen and oxygen atoms in total. The summed E-state index contributed by atoms with van der Waals surface area (Å²) in [6, 6.07) is 0.378. The topological polar surface area (TPSA) is 29.3 Å². The smallest absolute Gasteiger partial charge is 0.0180 e. The van der Waals surface area contributed by atoms with E-state index < -0.39 is 0 Å². The predicted octanol–water partition coefficient (Wildman–Crippen LogP) is 0.772. The maximum atomic E-state index is 5.70. The van der Waals surface area contributed by atoms with Crippen molar-refractivity contribution in [3.63, 3.8) is 0 Å². The molecular formula is C7H13ClN2. The molecule has 0 aromatic rings. The van der Waals surface area contributed by atoms with Crippen LogP contribution in [0.5, 0.6) is 0 Å². The normalized spacial score (nSPS) is 28.4. The fourth-order valence-electron chi connectivity index (χ4n) is 1.22. The van der Waals surface area contributed by atoms with Crippen LogP contribution in [0.4, 0.5) is 0 Å². The van der Waals surface area contributed by atoms with Crippen LogP contribution in [-0.4, -0.2) is 30.6 Å². The quantitative estimate of drug-likeness (QED) is 0.647. The second-order valence-electron chi connectivity index (χ2n) is 2.67. The predicted molar refractivity (Wildman–Crippen MR) is 44.0 cm³/mol. The molecule has 0 amide bonds. The van der Waals surface area contributed by atoms with Crippen LogP contribution in [0.15, 0.2) is 11.6 Å². The molecular weight excluding hydrogens is 148 g/mol. The van der Waals surface area contributed by atoms with Gasteiger partial charge in [0.1, 0.15) is 0 Å². The molecule has 1 heterocycles. The molecule has 1 aliphatic heterocycles. The van der Waals surface area contributed by atoms with Crippen LogP contribution in [0.1, 0.15) is 6.42 Å². The SMILES string of the molecule is NC1CCN(C/C=C/Cl)C1. The lowest BCUT2D eigenvalue weighted by Gasteiger charge is -2.10. The summed E-state index contributed by atoms with van der Waals surface area (Å²) < 4.78 is 0. The Morgan fingerprint density at radius 1 is 1.70 bits per heavy atom. The molecule has 0 bridgehead atoms. The lowest BCUT2D eigenvalue weighted by Crippen LogP contribution is -2.26. The standard InChI is InChI=1S/C7H13ClN2/c8-3-1-4-10-5-2-7(9)6-10/h1,3,7H,2,4-6,9H2/b3-1+. The first-order valence-corrected chi connectivity index (χ1v) is 3.99. The average molecular weight is 161 g/mol. The van der Waals surface area contributed by atoms with Crippen molar-refractivity contribution >= 4 is 11.6 Å². The zero-order chi connectivity index (χ0) is 7.40. The molecule has 1 aliphatic rings. The largest absolute Gasteiger partial charge is 0.326 e. The zero-order valence-electron chi connectivity index (χ0n) is 5.96. The van der Waals surface area contributed by atoms with Crippen molar-refractivity contribution < 1.29 is 0 Å². The van der Waals surface area contributed by atoms with Crippen molar-refractivity contribution in [2.45, 2.75) is 12.5 Å². The third-order valence-corrected chi connectivity index (χ3v) is 1.94. The summed E-state index contributed by atoms with van der Waals surface area (Å²) in [6.07, 6.45) is 3.07. The van der Waals surface area contributed by atoms with Crippen molar-refractivity contribution in [2.75, 3.05) is 19.6 Å². The van der Waals surface area contributed by atoms with Crippen LogP contribution in [0.25, 0.3) is 0 Å². The maximum absolute atomic E-state index is 5.70. The molecule has 1 rings (SSSR count). The summed E-state index contributed by atoms with van der Waals surface area (Å²) in [5.74, 6) is 0. The Labute approximate surface area is 66.6 Å². The molecule has 58 valence electrons. The van der Waals surface area contributed by atoms with Gasteiger partial charge in [0, 0.05) is 31.2 Å². The van der Waals surface area contributed by atoms with E-state index in [0.717, 1.165) is 26.1 Å². The van der Waals surface area contributed by atoms with Crippen molar-refractivity contribution in [1.29, 1.82) is 0 Å². The van der Waals surface area contributed by atoms with E-state index in [-0.39, 0.29) is 0 Å². The molecule has 0 aromatic carbocycles. The lowest BCUT2D eigenvalue weighted by molar-refractivity contribution is 0.372. The molecule has 0 aliphatic carbocycles. The number of hydrogen-bond acceptors (Lipinski definition) is 2. The van der Waals surface area contributed by atoms with Gasteiger partial charge < -0.3 is 5.73 Å². The summed E-state index contributed by atoms with van der Waals surface area (Å²) in [6.45, 7) is 3.07. The maximum Gasteiger partial charge on any atom is 0.0180 e. The number of nitrogens with zero attached hydrogens (tertiary/aromatic N) is 1. The average Bonchev–Trinajstić information content (AvgIpc) is 2.31. The first-order valence-electron chi connectivity index (χ1n) is 3.56. The zero-order valence-corrected chi connectivity index (χ0v) is 6.72. The Kier molecular flexibility index (Phi) is 3.19. The van der Waals surface area contributed by atoms with E-state index in [4.69, 9.17) is 17.3 Å². The molecule has 0 spiro atoms. The second-order valence-corrected chi connectivity index (χ2v) is 2.92. The lowest BCUT2D eigenvalue weighted by atomic mass is 10.3. The Balaban J connectivity index is 2.18. The minimum atomic E-state index is 0.378. The molecule has 10 heavy (non-hydrogen) atoms. The van der Waals surface area contributed by atoms with Crippen LogP contribution in [0, 0.1) is 0 Å². The number of rotatable bonds is 2. The highest BCUT2D eigenvalue weighted by molar-refractivity contribution is 6.25. The van der Waals surface area contributed by atoms with Gasteiger partial charge in [0.2, 0.25) is 0 Å². The first kappa shape index (κ1) is 8.05. The minimum absolute atomic E-state index is 0.378. The minimum Gasteiger partial charge on any atom is -0.326 e. The van der Waals surface area contributed by atoms with Crippen LogP contribution in [0.2, 0.25) is 0 Å². The van der Waals surface area contributed by atoms with E-state index in [1.54, 1.807) is 5.54 Å². The highest BCUT2D eigenvalue weighted by Gasteiger charge is 2.16. The van der Waals surface area contributed by atoms with Crippen molar-refractivity contribution in [3.05, 3.63) is 11.6 Å². The molecule has 2 N–H and O–H groups in total. The number of halogens is 1. The molecule has 1 unspecified atom stereocenters. The van der Waals surface area contributed by atoms with E-state index in [1.165, 1.54) is 0 Å². The van der Waals surface area contributed by atoms with Crippen LogP contribution in [0.3, 0.4) is 0 Å². The van der Waals surface area contributed by atoms with E-state index in [9.17, 15) is 0 Å². The van der Waals surface area contributed by atoms with Gasteiger partial charge in [-0.15, -0.1) is 0 Å². The third-order valence-electron chi connectivity index (χ3n) is 1.76. The Bertz CT molecular complexity index is 125. The van der Waals surface area contributed by atoms with E-state index in [1.807, 2.05) is 6.08 Å². The summed E-state index contributed by atoms with van der Waals surface area (Å²) >= 11 is 5.38. The summed E-state index contributed by atoms with van der Waals surface area (Å²) in [5.41, 5.74) is 7.26. The van der Waals surface area contributed by atoms with Gasteiger partial charge in [0.05, 0.1) is 0 Å². The highest BCUT2D eigenvalue weighted by Crippen LogP contribution is 2.05. The summed E-state index contributed by atoms with van der Waals surface area (Å²) in [4.78, 5) is 2.30. The van der Waals surface area contributed by atoms with Crippen molar-refractivity contribution in [3.8, 4) is 0 Å². The van der Waals surface area contributed by atoms with Crippen LogP contribution < -0.4 is 5.73 Å². The van der Waals surface area contributed by atoms with Crippen LogP contribution >= 0.6 is 11.6 Å². The van der Waals surface area contributed by atoms with Crippen molar-refractivity contribution in [1.82, 2.24) is 4.90 Å². The number of hydrogen-bond donors (Lipinski definition) is 1. The number of nitrogens with two attached hydrogens (primary N) is 1. The van der Waals surface area contributed by atoms with E-state index in [2.05, 4.69) is 4.90 Å². The van der Waals surface area contributed by atoms with E-state index in [0.29, 0.717) is 6.04 Å². The first-order chi connectivity index (χ1) is 4.83. The Morgan fingerprint density at radius 3 is 3.00 bits per heavy atom. The third kappa shape index (κ3) is 2.29. The summed E-state index contributed by atoms with van der Waals surface area (Å²) in [7, 11) is 0. The van der Waals surface area contributed by atoms with Gasteiger partial charge in [-0.25, -0.2) is 0 Å². The van der Waals surface area contributed by atoms with Gasteiger partial charge in [0.15, 0.2) is 0 Å². The van der Waals surface area contributed by atoms with Gasteiger partial charge in [-0.2, -0.15) is 0 Å². The number of likely N-dealkylation sites (tertiary alicyclic amines) is 1. The fraction of sp³-hybridized carbons (Fsp3) is 0.714. The fourth-order valence-corrected chi connectivity index (χ4v) is 1.30. The van der Waals surface area contributed by atoms with E-state index >= 15 is 0 Å². The van der Waals surface area contributed by atoms with Crippen molar-refractivity contribution in [2.24, 2.45) is 5.73 Å². The van der Waals surface area contributed by atoms with Gasteiger partial charge in [-0.05, 0) is 6.42 Å². The van der Waals surface area contributed by atoms with Gasteiger partial charge in [0.25, 0.3) is 0 Å². The molecule has 3 heteroatoms. The molecule has 0 radical (unpaired) electrons. The highest BCUT2D eigenvalue weighted by atomic mass is 35.5. The Morgan fingerprint density at radius 2 is 2.50 bits per heavy atom. The van der Waals surface area contributed by atoms with Gasteiger partial charge in [-0.3, -0.25) is 4.90 Å². The molecule has 1 fully saturated rings.